The molecule has 1 amide bonds. The van der Waals surface area contributed by atoms with E-state index < -0.39 is 15.9 Å². The summed E-state index contributed by atoms with van der Waals surface area (Å²) in [6, 6.07) is -0.499. The van der Waals surface area contributed by atoms with Crippen LogP contribution in [-0.2, 0) is 14.6 Å². The molecule has 0 bridgehead atoms. The summed E-state index contributed by atoms with van der Waals surface area (Å²) >= 11 is 0. The minimum absolute atomic E-state index is 0.0292. The minimum atomic E-state index is -3.06. The quantitative estimate of drug-likeness (QED) is 0.805. The largest absolute Gasteiger partial charge is 0.339 e. The average molecular weight is 276 g/mol. The molecule has 0 radical (unpaired) electrons. The number of carbonyl (C=O) groups is 1. The molecule has 1 fully saturated rings. The van der Waals surface area contributed by atoms with Gasteiger partial charge in [-0.15, -0.1) is 0 Å². The van der Waals surface area contributed by atoms with Crippen molar-refractivity contribution in [3.63, 3.8) is 0 Å². The molecule has 1 saturated heterocycles. The van der Waals surface area contributed by atoms with E-state index in [0.717, 1.165) is 25.6 Å². The van der Waals surface area contributed by atoms with Crippen LogP contribution in [-0.4, -0.2) is 49.9 Å². The molecular formula is C12H24N2O3S. The lowest BCUT2D eigenvalue weighted by Crippen LogP contribution is -2.51. The van der Waals surface area contributed by atoms with Gasteiger partial charge in [0.1, 0.15) is 9.84 Å². The molecule has 18 heavy (non-hydrogen) atoms. The fourth-order valence-electron chi connectivity index (χ4n) is 2.41. The van der Waals surface area contributed by atoms with E-state index in [1.807, 2.05) is 6.92 Å². The Hall–Kier alpha value is -0.620. The molecule has 6 heteroatoms. The van der Waals surface area contributed by atoms with E-state index in [2.05, 4.69) is 6.92 Å². The molecular weight excluding hydrogens is 252 g/mol. The predicted molar refractivity (Wildman–Crippen MR) is 71.9 cm³/mol. The van der Waals surface area contributed by atoms with Gasteiger partial charge in [-0.25, -0.2) is 8.42 Å². The highest BCUT2D eigenvalue weighted by atomic mass is 32.2. The summed E-state index contributed by atoms with van der Waals surface area (Å²) in [6.45, 7) is 4.94. The normalized spacial score (nSPS) is 27.0. The Morgan fingerprint density at radius 2 is 2.06 bits per heavy atom. The van der Waals surface area contributed by atoms with E-state index in [-0.39, 0.29) is 24.1 Å². The molecule has 106 valence electrons. The predicted octanol–water partition coefficient (Wildman–Crippen LogP) is 0.395. The highest BCUT2D eigenvalue weighted by molar-refractivity contribution is 7.90. The Labute approximate surface area is 110 Å². The van der Waals surface area contributed by atoms with Crippen molar-refractivity contribution in [2.75, 3.05) is 18.6 Å². The van der Waals surface area contributed by atoms with E-state index in [9.17, 15) is 13.2 Å². The Balaban J connectivity index is 2.53. The van der Waals surface area contributed by atoms with Gasteiger partial charge in [0, 0.05) is 18.8 Å². The van der Waals surface area contributed by atoms with Gasteiger partial charge in [0.05, 0.1) is 11.8 Å². The zero-order chi connectivity index (χ0) is 13.9. The van der Waals surface area contributed by atoms with Gasteiger partial charge >= 0.3 is 0 Å². The maximum absolute atomic E-state index is 12.1. The maximum Gasteiger partial charge on any atom is 0.239 e. The molecule has 0 aromatic carbocycles. The summed E-state index contributed by atoms with van der Waals surface area (Å²) in [5.74, 6) is 0.493. The van der Waals surface area contributed by atoms with Gasteiger partial charge in [0.15, 0.2) is 0 Å². The van der Waals surface area contributed by atoms with Gasteiger partial charge < -0.3 is 10.6 Å². The molecule has 0 aliphatic carbocycles. The number of hydrogen-bond acceptors (Lipinski definition) is 4. The first-order chi connectivity index (χ1) is 8.20. The van der Waals surface area contributed by atoms with Crippen LogP contribution in [0.4, 0.5) is 0 Å². The van der Waals surface area contributed by atoms with Gasteiger partial charge in [0.25, 0.3) is 0 Å². The second kappa shape index (κ2) is 6.02. The van der Waals surface area contributed by atoms with E-state index in [4.69, 9.17) is 5.73 Å². The third-order valence-electron chi connectivity index (χ3n) is 3.54. The lowest BCUT2D eigenvalue weighted by molar-refractivity contribution is -0.136. The van der Waals surface area contributed by atoms with Crippen LogP contribution in [0.25, 0.3) is 0 Å². The third kappa shape index (κ3) is 4.57. The maximum atomic E-state index is 12.1. The number of rotatable bonds is 4. The minimum Gasteiger partial charge on any atom is -0.339 e. The number of sulfone groups is 1. The van der Waals surface area contributed by atoms with Crippen LogP contribution in [0.2, 0.25) is 0 Å². The van der Waals surface area contributed by atoms with Crippen molar-refractivity contribution in [3.8, 4) is 0 Å². The molecule has 1 heterocycles. The van der Waals surface area contributed by atoms with Gasteiger partial charge in [-0.3, -0.25) is 4.79 Å². The number of hydrogen-bond donors (Lipinski definition) is 1. The average Bonchev–Trinajstić information content (AvgIpc) is 2.24. The van der Waals surface area contributed by atoms with E-state index in [1.54, 1.807) is 4.90 Å². The summed E-state index contributed by atoms with van der Waals surface area (Å²) in [4.78, 5) is 13.9. The molecule has 0 saturated carbocycles. The van der Waals surface area contributed by atoms with E-state index in [0.29, 0.717) is 5.92 Å². The summed E-state index contributed by atoms with van der Waals surface area (Å²) < 4.78 is 22.1. The highest BCUT2D eigenvalue weighted by Gasteiger charge is 2.29. The number of nitrogens with two attached hydrogens (primary N) is 1. The van der Waals surface area contributed by atoms with Crippen LogP contribution in [0.3, 0.4) is 0 Å². The Bertz CT molecular complexity index is 394. The second-order valence-corrected chi connectivity index (χ2v) is 7.79. The molecule has 1 rings (SSSR count). The van der Waals surface area contributed by atoms with Crippen molar-refractivity contribution in [3.05, 3.63) is 0 Å². The number of amides is 1. The van der Waals surface area contributed by atoms with Gasteiger partial charge in [0.2, 0.25) is 5.91 Å². The molecule has 2 N–H and O–H groups in total. The summed E-state index contributed by atoms with van der Waals surface area (Å²) in [6.07, 6.45) is 3.35. The van der Waals surface area contributed by atoms with Crippen LogP contribution >= 0.6 is 0 Å². The van der Waals surface area contributed by atoms with Crippen LogP contribution in [0, 0.1) is 5.92 Å². The Morgan fingerprint density at radius 1 is 1.44 bits per heavy atom. The zero-order valence-corrected chi connectivity index (χ0v) is 12.2. The van der Waals surface area contributed by atoms with Crippen LogP contribution in [0.15, 0.2) is 0 Å². The monoisotopic (exact) mass is 276 g/mol. The van der Waals surface area contributed by atoms with Gasteiger partial charge in [-0.05, 0) is 32.1 Å². The Kier molecular flexibility index (Phi) is 5.16. The van der Waals surface area contributed by atoms with Crippen LogP contribution in [0.5, 0.6) is 0 Å². The molecule has 0 aromatic rings. The standard InChI is InChI=1S/C12H24N2O3S/c1-9-4-6-14(10(2)8-9)12(15)11(13)5-7-18(3,16)17/h9-11H,4-8,13H2,1-3H3. The van der Waals surface area contributed by atoms with Crippen LogP contribution < -0.4 is 5.73 Å². The number of likely N-dealkylation sites (tertiary alicyclic amines) is 1. The zero-order valence-electron chi connectivity index (χ0n) is 11.4. The SMILES string of the molecule is CC1CCN(C(=O)C(N)CCS(C)(=O)=O)C(C)C1. The van der Waals surface area contributed by atoms with Crippen molar-refractivity contribution in [2.45, 2.75) is 45.2 Å². The first-order valence-corrected chi connectivity index (χ1v) is 8.50. The lowest BCUT2D eigenvalue weighted by Gasteiger charge is -2.37. The molecule has 1 aliphatic heterocycles. The fraction of sp³-hybridized carbons (Fsp3) is 0.917. The third-order valence-corrected chi connectivity index (χ3v) is 4.52. The number of piperidine rings is 1. The van der Waals surface area contributed by atoms with Gasteiger partial charge in [-0.1, -0.05) is 6.92 Å². The molecule has 5 nitrogen and oxygen atoms in total. The summed E-state index contributed by atoms with van der Waals surface area (Å²) in [5, 5.41) is 0. The first kappa shape index (κ1) is 15.4. The molecule has 3 atom stereocenters. The lowest BCUT2D eigenvalue weighted by atomic mass is 9.93. The number of nitrogens with zero attached hydrogens (tertiary/aromatic N) is 1. The second-order valence-electron chi connectivity index (χ2n) is 5.54. The van der Waals surface area contributed by atoms with E-state index >= 15 is 0 Å². The van der Waals surface area contributed by atoms with Crippen molar-refractivity contribution in [2.24, 2.45) is 11.7 Å². The molecule has 1 aliphatic rings. The molecule has 3 unspecified atom stereocenters. The van der Waals surface area contributed by atoms with Crippen molar-refractivity contribution in [1.29, 1.82) is 0 Å². The van der Waals surface area contributed by atoms with Crippen molar-refractivity contribution >= 4 is 15.7 Å². The van der Waals surface area contributed by atoms with Crippen molar-refractivity contribution < 1.29 is 13.2 Å². The topological polar surface area (TPSA) is 80.5 Å². The fourth-order valence-corrected chi connectivity index (χ4v) is 3.09. The Morgan fingerprint density at radius 3 is 2.56 bits per heavy atom. The smallest absolute Gasteiger partial charge is 0.239 e. The highest BCUT2D eigenvalue weighted by Crippen LogP contribution is 2.22. The first-order valence-electron chi connectivity index (χ1n) is 6.44. The van der Waals surface area contributed by atoms with Gasteiger partial charge in [-0.2, -0.15) is 0 Å². The van der Waals surface area contributed by atoms with E-state index in [1.165, 1.54) is 0 Å². The van der Waals surface area contributed by atoms with Crippen molar-refractivity contribution in [1.82, 2.24) is 4.90 Å². The summed E-state index contributed by atoms with van der Waals surface area (Å²) in [7, 11) is -3.06. The number of carbonyl (C=O) groups excluding carboxylic acids is 1. The van der Waals surface area contributed by atoms with Crippen LogP contribution in [0.1, 0.15) is 33.1 Å². The summed E-state index contributed by atoms with van der Waals surface area (Å²) in [5.41, 5.74) is 5.80. The molecule has 0 aromatic heterocycles. The molecule has 0 spiro atoms.